The second-order valence-electron chi connectivity index (χ2n) is 3.42. The molecule has 0 aromatic heterocycles. The Morgan fingerprint density at radius 3 is 2.50 bits per heavy atom. The lowest BCUT2D eigenvalue weighted by molar-refractivity contribution is -0.163. The molecule has 0 aromatic carbocycles. The van der Waals surface area contributed by atoms with Crippen LogP contribution in [0.15, 0.2) is 0 Å². The molecule has 0 aliphatic heterocycles. The predicted octanol–water partition coefficient (Wildman–Crippen LogP) is 0.866. The molecule has 0 rings (SSSR count). The van der Waals surface area contributed by atoms with E-state index in [1.165, 1.54) is 0 Å². The summed E-state index contributed by atoms with van der Waals surface area (Å²) in [7, 11) is 0. The van der Waals surface area contributed by atoms with Crippen LogP contribution in [0.5, 0.6) is 0 Å². The Labute approximate surface area is 78.5 Å². The number of hydrogen-bond donors (Lipinski definition) is 2. The van der Waals surface area contributed by atoms with Gasteiger partial charge < -0.3 is 9.84 Å². The molecule has 0 spiro atoms. The van der Waals surface area contributed by atoms with Gasteiger partial charge in [0.1, 0.15) is 5.60 Å². The van der Waals surface area contributed by atoms with E-state index in [4.69, 9.17) is 9.84 Å². The van der Waals surface area contributed by atoms with Gasteiger partial charge in [-0.25, -0.2) is 0 Å². The van der Waals surface area contributed by atoms with Crippen LogP contribution in [-0.2, 0) is 9.53 Å². The second kappa shape index (κ2) is 4.72. The second-order valence-corrected chi connectivity index (χ2v) is 3.79. The van der Waals surface area contributed by atoms with Crippen LogP contribution in [0.3, 0.4) is 0 Å². The average molecular weight is 192 g/mol. The lowest BCUT2D eigenvalue weighted by atomic mass is 10.1. The number of carbonyl (C=O) groups excluding carboxylic acids is 1. The number of rotatable bonds is 4. The van der Waals surface area contributed by atoms with Crippen molar-refractivity contribution in [3.05, 3.63) is 0 Å². The van der Waals surface area contributed by atoms with Gasteiger partial charge in [-0.3, -0.25) is 4.79 Å². The first-order chi connectivity index (χ1) is 5.43. The molecule has 0 aliphatic carbocycles. The molecule has 72 valence electrons. The van der Waals surface area contributed by atoms with Crippen LogP contribution in [-0.4, -0.2) is 29.0 Å². The van der Waals surface area contributed by atoms with Crippen molar-refractivity contribution < 1.29 is 14.6 Å². The highest BCUT2D eigenvalue weighted by Gasteiger charge is 2.24. The Hall–Kier alpha value is -0.220. The van der Waals surface area contributed by atoms with Crippen molar-refractivity contribution in [1.82, 2.24) is 0 Å². The van der Waals surface area contributed by atoms with Crippen molar-refractivity contribution in [2.45, 2.75) is 26.4 Å². The molecule has 4 heteroatoms. The maximum Gasteiger partial charge on any atom is 0.310 e. The van der Waals surface area contributed by atoms with Crippen LogP contribution < -0.4 is 0 Å². The summed E-state index contributed by atoms with van der Waals surface area (Å²) in [5.74, 6) is -0.0800. The van der Waals surface area contributed by atoms with Crippen LogP contribution in [0.2, 0.25) is 0 Å². The number of hydrogen-bond acceptors (Lipinski definition) is 4. The zero-order valence-corrected chi connectivity index (χ0v) is 8.60. The van der Waals surface area contributed by atoms with Gasteiger partial charge in [0.2, 0.25) is 0 Å². The highest BCUT2D eigenvalue weighted by Crippen LogP contribution is 2.11. The van der Waals surface area contributed by atoms with E-state index in [-0.39, 0.29) is 18.5 Å². The van der Waals surface area contributed by atoms with Gasteiger partial charge in [-0.1, -0.05) is 6.92 Å². The normalized spacial score (nSPS) is 14.1. The summed E-state index contributed by atoms with van der Waals surface area (Å²) in [6.07, 6.45) is 0. The molecular formula is C8H16O3S. The third-order valence-corrected chi connectivity index (χ3v) is 1.98. The van der Waals surface area contributed by atoms with E-state index in [2.05, 4.69) is 12.6 Å². The molecule has 12 heavy (non-hydrogen) atoms. The van der Waals surface area contributed by atoms with Gasteiger partial charge in [0, 0.05) is 5.75 Å². The summed E-state index contributed by atoms with van der Waals surface area (Å²) < 4.78 is 5.00. The van der Waals surface area contributed by atoms with Crippen molar-refractivity contribution >= 4 is 18.6 Å². The van der Waals surface area contributed by atoms with E-state index in [0.29, 0.717) is 5.75 Å². The molecule has 1 unspecified atom stereocenters. The lowest BCUT2D eigenvalue weighted by Gasteiger charge is -2.23. The summed E-state index contributed by atoms with van der Waals surface area (Å²) in [6, 6.07) is 0. The predicted molar refractivity (Wildman–Crippen MR) is 50.3 cm³/mol. The van der Waals surface area contributed by atoms with Crippen LogP contribution in [0.1, 0.15) is 20.8 Å². The van der Waals surface area contributed by atoms with Crippen molar-refractivity contribution in [2.24, 2.45) is 5.92 Å². The Bertz CT molecular complexity index is 156. The minimum Gasteiger partial charge on any atom is -0.457 e. The van der Waals surface area contributed by atoms with Crippen molar-refractivity contribution in [2.75, 3.05) is 12.4 Å². The summed E-state index contributed by atoms with van der Waals surface area (Å²) in [6.45, 7) is 4.90. The molecule has 0 bridgehead atoms. The summed E-state index contributed by atoms with van der Waals surface area (Å²) in [4.78, 5) is 11.2. The first-order valence-electron chi connectivity index (χ1n) is 3.87. The molecular weight excluding hydrogens is 176 g/mol. The Morgan fingerprint density at radius 2 is 2.17 bits per heavy atom. The number of thiol groups is 1. The van der Waals surface area contributed by atoms with E-state index < -0.39 is 5.60 Å². The summed E-state index contributed by atoms with van der Waals surface area (Å²) in [5.41, 5.74) is -0.783. The van der Waals surface area contributed by atoms with E-state index in [1.807, 2.05) is 0 Å². The topological polar surface area (TPSA) is 46.5 Å². The Kier molecular flexibility index (Phi) is 4.63. The van der Waals surface area contributed by atoms with E-state index in [1.54, 1.807) is 20.8 Å². The fourth-order valence-corrected chi connectivity index (χ4v) is 0.629. The quantitative estimate of drug-likeness (QED) is 0.513. The van der Waals surface area contributed by atoms with E-state index >= 15 is 0 Å². The largest absolute Gasteiger partial charge is 0.457 e. The SMILES string of the molecule is CC(CS)C(=O)OC(C)(C)CO. The van der Waals surface area contributed by atoms with Crippen molar-refractivity contribution in [3.8, 4) is 0 Å². The molecule has 0 saturated heterocycles. The van der Waals surface area contributed by atoms with Gasteiger partial charge in [-0.05, 0) is 13.8 Å². The average Bonchev–Trinajstić information content (AvgIpc) is 2.02. The molecule has 0 aliphatic rings. The summed E-state index contributed by atoms with van der Waals surface area (Å²) >= 11 is 3.97. The number of aliphatic hydroxyl groups excluding tert-OH is 1. The molecule has 0 heterocycles. The molecule has 1 N–H and O–H groups in total. The minimum atomic E-state index is -0.783. The monoisotopic (exact) mass is 192 g/mol. The van der Waals surface area contributed by atoms with Gasteiger partial charge >= 0.3 is 5.97 Å². The van der Waals surface area contributed by atoms with Gasteiger partial charge in [0.15, 0.2) is 0 Å². The van der Waals surface area contributed by atoms with Gasteiger partial charge in [-0.15, -0.1) is 0 Å². The standard InChI is InChI=1S/C8H16O3S/c1-6(4-12)7(10)11-8(2,3)5-9/h6,9,12H,4-5H2,1-3H3. The smallest absolute Gasteiger partial charge is 0.310 e. The van der Waals surface area contributed by atoms with E-state index in [9.17, 15) is 4.79 Å². The first kappa shape index (κ1) is 11.8. The first-order valence-corrected chi connectivity index (χ1v) is 4.51. The van der Waals surface area contributed by atoms with Gasteiger partial charge in [0.05, 0.1) is 12.5 Å². The number of aliphatic hydroxyl groups is 1. The third kappa shape index (κ3) is 3.97. The zero-order chi connectivity index (χ0) is 9.78. The molecule has 3 nitrogen and oxygen atoms in total. The van der Waals surface area contributed by atoms with Gasteiger partial charge in [0.25, 0.3) is 0 Å². The molecule has 0 saturated carbocycles. The molecule has 1 atom stereocenters. The van der Waals surface area contributed by atoms with Crippen molar-refractivity contribution in [3.63, 3.8) is 0 Å². The zero-order valence-electron chi connectivity index (χ0n) is 7.70. The van der Waals surface area contributed by atoms with Crippen LogP contribution >= 0.6 is 12.6 Å². The Morgan fingerprint density at radius 1 is 1.67 bits per heavy atom. The fraction of sp³-hybridized carbons (Fsp3) is 0.875. The van der Waals surface area contributed by atoms with Crippen LogP contribution in [0.4, 0.5) is 0 Å². The van der Waals surface area contributed by atoms with E-state index in [0.717, 1.165) is 0 Å². The molecule has 0 amide bonds. The molecule has 0 aromatic rings. The number of ether oxygens (including phenoxy) is 1. The Balaban J connectivity index is 4.00. The summed E-state index contributed by atoms with van der Waals surface area (Å²) in [5, 5.41) is 8.80. The molecule has 0 radical (unpaired) electrons. The maximum absolute atomic E-state index is 11.2. The lowest BCUT2D eigenvalue weighted by Crippen LogP contribution is -2.34. The number of carbonyl (C=O) groups is 1. The molecule has 0 fully saturated rings. The fourth-order valence-electron chi connectivity index (χ4n) is 0.480. The van der Waals surface area contributed by atoms with Crippen LogP contribution in [0.25, 0.3) is 0 Å². The van der Waals surface area contributed by atoms with Crippen molar-refractivity contribution in [1.29, 1.82) is 0 Å². The highest BCUT2D eigenvalue weighted by molar-refractivity contribution is 7.80. The van der Waals surface area contributed by atoms with Gasteiger partial charge in [-0.2, -0.15) is 12.6 Å². The van der Waals surface area contributed by atoms with Crippen LogP contribution in [0, 0.1) is 5.92 Å². The minimum absolute atomic E-state index is 0.169. The highest BCUT2D eigenvalue weighted by atomic mass is 32.1. The maximum atomic E-state index is 11.2. The number of esters is 1. The third-order valence-electron chi connectivity index (χ3n) is 1.43.